The maximum absolute atomic E-state index is 5.87. The highest BCUT2D eigenvalue weighted by atomic mass is 35.5. The number of aryl methyl sites for hydroxylation is 2. The lowest BCUT2D eigenvalue weighted by Gasteiger charge is -2.03. The van der Waals surface area contributed by atoms with Crippen LogP contribution >= 0.6 is 22.9 Å². The molecule has 0 fully saturated rings. The second kappa shape index (κ2) is 4.89. The highest BCUT2D eigenvalue weighted by Gasteiger charge is 2.04. The molecule has 0 aliphatic rings. The summed E-state index contributed by atoms with van der Waals surface area (Å²) in [5, 5.41) is 7.73. The summed E-state index contributed by atoms with van der Waals surface area (Å²) in [6.45, 7) is 2.89. The van der Waals surface area contributed by atoms with Crippen molar-refractivity contribution in [1.29, 1.82) is 0 Å². The zero-order valence-electron chi connectivity index (χ0n) is 9.33. The van der Waals surface area contributed by atoms with Crippen LogP contribution in [0.3, 0.4) is 0 Å². The summed E-state index contributed by atoms with van der Waals surface area (Å²) >= 11 is 7.47. The van der Waals surface area contributed by atoms with Crippen LogP contribution in [0, 0.1) is 0 Å². The molecule has 0 amide bonds. The molecule has 0 aliphatic carbocycles. The molecule has 5 heteroatoms. The number of thiophene rings is 1. The van der Waals surface area contributed by atoms with E-state index in [0.717, 1.165) is 28.8 Å². The largest absolute Gasteiger partial charge is 0.365 e. The van der Waals surface area contributed by atoms with Crippen molar-refractivity contribution in [3.05, 3.63) is 33.1 Å². The van der Waals surface area contributed by atoms with Gasteiger partial charge in [-0.25, -0.2) is 0 Å². The van der Waals surface area contributed by atoms with Gasteiger partial charge in [0, 0.05) is 18.0 Å². The molecule has 2 aromatic rings. The van der Waals surface area contributed by atoms with Crippen molar-refractivity contribution in [3.8, 4) is 0 Å². The number of hydrogen-bond donors (Lipinski definition) is 1. The van der Waals surface area contributed by atoms with Gasteiger partial charge in [0.25, 0.3) is 0 Å². The van der Waals surface area contributed by atoms with Gasteiger partial charge in [-0.05, 0) is 18.6 Å². The van der Waals surface area contributed by atoms with E-state index in [2.05, 4.69) is 23.4 Å². The Labute approximate surface area is 104 Å². The molecule has 2 aromatic heterocycles. The molecule has 0 aliphatic heterocycles. The summed E-state index contributed by atoms with van der Waals surface area (Å²) < 4.78 is 2.70. The fourth-order valence-electron chi connectivity index (χ4n) is 1.49. The molecular weight excluding hydrogens is 242 g/mol. The molecule has 3 nitrogen and oxygen atoms in total. The Morgan fingerprint density at radius 2 is 2.31 bits per heavy atom. The molecule has 16 heavy (non-hydrogen) atoms. The quantitative estimate of drug-likeness (QED) is 0.909. The lowest BCUT2D eigenvalue weighted by Crippen LogP contribution is -2.03. The van der Waals surface area contributed by atoms with Crippen LogP contribution in [0.4, 0.5) is 5.82 Å². The van der Waals surface area contributed by atoms with Crippen molar-refractivity contribution < 1.29 is 0 Å². The minimum absolute atomic E-state index is 0.792. The molecule has 0 saturated carbocycles. The Balaban J connectivity index is 2.01. The number of hydrogen-bond acceptors (Lipinski definition) is 3. The Morgan fingerprint density at radius 3 is 2.88 bits per heavy atom. The first kappa shape index (κ1) is 11.5. The summed E-state index contributed by atoms with van der Waals surface area (Å²) in [7, 11) is 1.95. The second-order valence-electron chi connectivity index (χ2n) is 3.56. The number of nitrogens with zero attached hydrogens (tertiary/aromatic N) is 2. The van der Waals surface area contributed by atoms with Crippen molar-refractivity contribution in [3.63, 3.8) is 0 Å². The zero-order valence-corrected chi connectivity index (χ0v) is 10.9. The van der Waals surface area contributed by atoms with Crippen molar-refractivity contribution in [1.82, 2.24) is 9.78 Å². The third-order valence-corrected chi connectivity index (χ3v) is 3.60. The zero-order chi connectivity index (χ0) is 11.5. The minimum atomic E-state index is 0.792. The van der Waals surface area contributed by atoms with Crippen molar-refractivity contribution >= 4 is 28.8 Å². The lowest BCUT2D eigenvalue weighted by molar-refractivity contribution is 0.748. The van der Waals surface area contributed by atoms with Crippen LogP contribution < -0.4 is 5.32 Å². The fraction of sp³-hybridized carbons (Fsp3) is 0.364. The van der Waals surface area contributed by atoms with Crippen LogP contribution in [-0.2, 0) is 20.0 Å². The Hall–Kier alpha value is -1.00. The number of nitrogens with one attached hydrogen (secondary N) is 1. The van der Waals surface area contributed by atoms with Gasteiger partial charge in [0.15, 0.2) is 0 Å². The molecule has 0 unspecified atom stereocenters. The minimum Gasteiger partial charge on any atom is -0.365 e. The smallest absolute Gasteiger partial charge is 0.124 e. The van der Waals surface area contributed by atoms with Crippen LogP contribution in [-0.4, -0.2) is 9.78 Å². The van der Waals surface area contributed by atoms with E-state index in [9.17, 15) is 0 Å². The summed E-state index contributed by atoms with van der Waals surface area (Å²) in [5.41, 5.74) is 1.11. The fourth-order valence-corrected chi connectivity index (χ4v) is 2.52. The first-order valence-electron chi connectivity index (χ1n) is 5.20. The van der Waals surface area contributed by atoms with Gasteiger partial charge < -0.3 is 5.32 Å². The Bertz CT molecular complexity index is 475. The van der Waals surface area contributed by atoms with Crippen LogP contribution in [0.5, 0.6) is 0 Å². The van der Waals surface area contributed by atoms with Crippen LogP contribution in [0.2, 0.25) is 4.34 Å². The van der Waals surface area contributed by atoms with Crippen molar-refractivity contribution in [2.45, 2.75) is 19.9 Å². The molecule has 0 bridgehead atoms. The van der Waals surface area contributed by atoms with E-state index in [1.54, 1.807) is 11.3 Å². The summed E-state index contributed by atoms with van der Waals surface area (Å²) in [4.78, 5) is 1.23. The van der Waals surface area contributed by atoms with E-state index in [1.807, 2.05) is 23.9 Å². The van der Waals surface area contributed by atoms with Crippen molar-refractivity contribution in [2.24, 2.45) is 7.05 Å². The average Bonchev–Trinajstić information content (AvgIpc) is 2.82. The molecule has 0 aromatic carbocycles. The van der Waals surface area contributed by atoms with Gasteiger partial charge in [-0.3, -0.25) is 4.68 Å². The number of anilines is 1. The Morgan fingerprint density at radius 1 is 1.50 bits per heavy atom. The third kappa shape index (κ3) is 2.57. The topological polar surface area (TPSA) is 29.9 Å². The van der Waals surface area contributed by atoms with Gasteiger partial charge in [-0.1, -0.05) is 18.5 Å². The summed E-state index contributed by atoms with van der Waals surface area (Å²) in [6, 6.07) is 6.04. The van der Waals surface area contributed by atoms with Gasteiger partial charge in [0.1, 0.15) is 5.82 Å². The molecule has 2 heterocycles. The van der Waals surface area contributed by atoms with E-state index < -0.39 is 0 Å². The molecule has 0 spiro atoms. The van der Waals surface area contributed by atoms with Crippen LogP contribution in [0.15, 0.2) is 18.2 Å². The van der Waals surface area contributed by atoms with E-state index in [0.29, 0.717) is 0 Å². The molecule has 86 valence electrons. The van der Waals surface area contributed by atoms with E-state index in [1.165, 1.54) is 4.88 Å². The molecule has 0 saturated heterocycles. The molecule has 2 rings (SSSR count). The second-order valence-corrected chi connectivity index (χ2v) is 5.36. The van der Waals surface area contributed by atoms with Crippen molar-refractivity contribution in [2.75, 3.05) is 5.32 Å². The Kier molecular flexibility index (Phi) is 3.51. The first-order chi connectivity index (χ1) is 7.69. The maximum Gasteiger partial charge on any atom is 0.124 e. The predicted molar refractivity (Wildman–Crippen MR) is 69.2 cm³/mol. The van der Waals surface area contributed by atoms with Crippen LogP contribution in [0.1, 0.15) is 17.5 Å². The third-order valence-electron chi connectivity index (χ3n) is 2.37. The molecule has 1 N–H and O–H groups in total. The molecule has 0 atom stereocenters. The summed E-state index contributed by atoms with van der Waals surface area (Å²) in [6.07, 6.45) is 0.959. The number of aromatic nitrogens is 2. The monoisotopic (exact) mass is 255 g/mol. The standard InChI is InChI=1S/C11H14ClN3S/c1-3-8-6-11(15(2)14-8)13-7-9-4-5-10(12)16-9/h4-6,13H,3,7H2,1-2H3. The highest BCUT2D eigenvalue weighted by Crippen LogP contribution is 2.22. The van der Waals surface area contributed by atoms with Gasteiger partial charge in [-0.2, -0.15) is 5.10 Å². The molecular formula is C11H14ClN3S. The van der Waals surface area contributed by atoms with E-state index >= 15 is 0 Å². The van der Waals surface area contributed by atoms with E-state index in [-0.39, 0.29) is 0 Å². The van der Waals surface area contributed by atoms with Gasteiger partial charge in [0.2, 0.25) is 0 Å². The number of rotatable bonds is 4. The normalized spacial score (nSPS) is 10.7. The van der Waals surface area contributed by atoms with Gasteiger partial charge in [-0.15, -0.1) is 11.3 Å². The summed E-state index contributed by atoms with van der Waals surface area (Å²) in [5.74, 6) is 1.04. The molecule has 0 radical (unpaired) electrons. The SMILES string of the molecule is CCc1cc(NCc2ccc(Cl)s2)n(C)n1. The van der Waals surface area contributed by atoms with Crippen LogP contribution in [0.25, 0.3) is 0 Å². The number of halogens is 1. The van der Waals surface area contributed by atoms with E-state index in [4.69, 9.17) is 11.6 Å². The van der Waals surface area contributed by atoms with Gasteiger partial charge >= 0.3 is 0 Å². The lowest BCUT2D eigenvalue weighted by atomic mass is 10.3. The maximum atomic E-state index is 5.87. The van der Waals surface area contributed by atoms with Gasteiger partial charge in [0.05, 0.1) is 16.6 Å². The predicted octanol–water partition coefficient (Wildman–Crippen LogP) is 3.31. The first-order valence-corrected chi connectivity index (χ1v) is 6.39. The average molecular weight is 256 g/mol. The highest BCUT2D eigenvalue weighted by molar-refractivity contribution is 7.16.